The number of hydrogen-bond donors (Lipinski definition) is 0. The molecule has 1 saturated heterocycles. The molecule has 0 unspecified atom stereocenters. The van der Waals surface area contributed by atoms with E-state index < -0.39 is 0 Å². The van der Waals surface area contributed by atoms with Gasteiger partial charge in [0.2, 0.25) is 0 Å². The summed E-state index contributed by atoms with van der Waals surface area (Å²) in [6.45, 7) is 5.10. The van der Waals surface area contributed by atoms with Crippen molar-refractivity contribution in [3.05, 3.63) is 53.3 Å². The molecule has 0 bridgehead atoms. The van der Waals surface area contributed by atoms with Crippen LogP contribution in [0.2, 0.25) is 0 Å². The fourth-order valence-corrected chi connectivity index (χ4v) is 2.85. The molecule has 1 aliphatic heterocycles. The Morgan fingerprint density at radius 2 is 2.00 bits per heavy atom. The zero-order valence-corrected chi connectivity index (χ0v) is 13.2. The Kier molecular flexibility index (Phi) is 3.98. The molecule has 1 aromatic heterocycles. The standard InChI is InChI=1S/C17H21N3O2/c1-12-10-20(17(21)15-9-18-19(3)13(15)2)11-16(22-12)14-7-5-4-6-8-14/h4-9,12,16H,10-11H2,1-3H3/t12-,16+/m0/s1. The van der Waals surface area contributed by atoms with E-state index in [1.165, 1.54) is 0 Å². The lowest BCUT2D eigenvalue weighted by Gasteiger charge is -2.37. The van der Waals surface area contributed by atoms with Crippen LogP contribution in [0.4, 0.5) is 0 Å². The van der Waals surface area contributed by atoms with Crippen LogP contribution in [-0.4, -0.2) is 39.8 Å². The van der Waals surface area contributed by atoms with E-state index in [0.29, 0.717) is 18.7 Å². The first-order chi connectivity index (χ1) is 10.6. The van der Waals surface area contributed by atoms with Crippen molar-refractivity contribution >= 4 is 5.91 Å². The van der Waals surface area contributed by atoms with E-state index in [1.54, 1.807) is 10.9 Å². The highest BCUT2D eigenvalue weighted by molar-refractivity contribution is 5.95. The summed E-state index contributed by atoms with van der Waals surface area (Å²) in [4.78, 5) is 14.6. The van der Waals surface area contributed by atoms with Crippen LogP contribution in [0.3, 0.4) is 0 Å². The molecule has 0 radical (unpaired) electrons. The maximum atomic E-state index is 12.8. The molecule has 5 heteroatoms. The van der Waals surface area contributed by atoms with Gasteiger partial charge in [0.1, 0.15) is 6.10 Å². The number of aryl methyl sites for hydroxylation is 1. The Morgan fingerprint density at radius 3 is 2.64 bits per heavy atom. The third kappa shape index (κ3) is 2.76. The minimum atomic E-state index is -0.0779. The van der Waals surface area contributed by atoms with E-state index in [9.17, 15) is 4.79 Å². The maximum Gasteiger partial charge on any atom is 0.257 e. The van der Waals surface area contributed by atoms with Gasteiger partial charge in [0.25, 0.3) is 5.91 Å². The van der Waals surface area contributed by atoms with Crippen molar-refractivity contribution in [3.63, 3.8) is 0 Å². The van der Waals surface area contributed by atoms with Gasteiger partial charge < -0.3 is 9.64 Å². The first kappa shape index (κ1) is 14.8. The van der Waals surface area contributed by atoms with Gasteiger partial charge in [0.05, 0.1) is 24.4 Å². The van der Waals surface area contributed by atoms with Gasteiger partial charge in [-0.1, -0.05) is 30.3 Å². The maximum absolute atomic E-state index is 12.8. The number of benzene rings is 1. The summed E-state index contributed by atoms with van der Waals surface area (Å²) in [5.41, 5.74) is 2.67. The van der Waals surface area contributed by atoms with E-state index in [1.807, 2.05) is 56.1 Å². The van der Waals surface area contributed by atoms with Crippen molar-refractivity contribution in [2.24, 2.45) is 7.05 Å². The average molecular weight is 299 g/mol. The molecule has 2 atom stereocenters. The number of carbonyl (C=O) groups is 1. The fraction of sp³-hybridized carbons (Fsp3) is 0.412. The summed E-state index contributed by atoms with van der Waals surface area (Å²) in [7, 11) is 1.85. The number of rotatable bonds is 2. The molecule has 0 aliphatic carbocycles. The lowest BCUT2D eigenvalue weighted by molar-refractivity contribution is -0.0691. The van der Waals surface area contributed by atoms with Gasteiger partial charge in [-0.25, -0.2) is 0 Å². The van der Waals surface area contributed by atoms with E-state index in [2.05, 4.69) is 5.10 Å². The number of hydrogen-bond acceptors (Lipinski definition) is 3. The van der Waals surface area contributed by atoms with E-state index in [0.717, 1.165) is 11.3 Å². The highest BCUT2D eigenvalue weighted by Gasteiger charge is 2.31. The van der Waals surface area contributed by atoms with Crippen molar-refractivity contribution in [1.29, 1.82) is 0 Å². The quantitative estimate of drug-likeness (QED) is 0.855. The highest BCUT2D eigenvalue weighted by Crippen LogP contribution is 2.26. The minimum absolute atomic E-state index is 0.0138. The number of morpholine rings is 1. The van der Waals surface area contributed by atoms with Gasteiger partial charge in [0.15, 0.2) is 0 Å². The molecule has 1 fully saturated rings. The van der Waals surface area contributed by atoms with Gasteiger partial charge in [-0.05, 0) is 19.4 Å². The Hall–Kier alpha value is -2.14. The zero-order valence-electron chi connectivity index (χ0n) is 13.2. The van der Waals surface area contributed by atoms with E-state index in [4.69, 9.17) is 4.74 Å². The monoisotopic (exact) mass is 299 g/mol. The molecular formula is C17H21N3O2. The lowest BCUT2D eigenvalue weighted by atomic mass is 10.1. The Balaban J connectivity index is 1.82. The second kappa shape index (κ2) is 5.93. The molecule has 5 nitrogen and oxygen atoms in total. The SMILES string of the molecule is Cc1c(C(=O)N2C[C@H](C)O[C@@H](c3ccccc3)C2)cnn1C. The van der Waals surface area contributed by atoms with Crippen molar-refractivity contribution in [3.8, 4) is 0 Å². The molecule has 0 saturated carbocycles. The van der Waals surface area contributed by atoms with Crippen molar-refractivity contribution < 1.29 is 9.53 Å². The summed E-state index contributed by atoms with van der Waals surface area (Å²) in [6, 6.07) is 10.1. The van der Waals surface area contributed by atoms with E-state index >= 15 is 0 Å². The summed E-state index contributed by atoms with van der Waals surface area (Å²) >= 11 is 0. The Morgan fingerprint density at radius 1 is 1.27 bits per heavy atom. The summed E-state index contributed by atoms with van der Waals surface area (Å²) < 4.78 is 7.74. The normalized spacial score (nSPS) is 21.9. The number of ether oxygens (including phenoxy) is 1. The van der Waals surface area contributed by atoms with Gasteiger partial charge in [-0.2, -0.15) is 5.10 Å². The summed E-state index contributed by atoms with van der Waals surface area (Å²) in [6.07, 6.45) is 1.58. The summed E-state index contributed by atoms with van der Waals surface area (Å²) in [5, 5.41) is 4.17. The number of aromatic nitrogens is 2. The topological polar surface area (TPSA) is 47.4 Å². The molecule has 0 N–H and O–H groups in total. The van der Waals surface area contributed by atoms with Crippen LogP contribution in [-0.2, 0) is 11.8 Å². The lowest BCUT2D eigenvalue weighted by Crippen LogP contribution is -2.46. The first-order valence-electron chi connectivity index (χ1n) is 7.54. The van der Waals surface area contributed by atoms with E-state index in [-0.39, 0.29) is 18.1 Å². The number of amides is 1. The van der Waals surface area contributed by atoms with Crippen molar-refractivity contribution in [1.82, 2.24) is 14.7 Å². The number of nitrogens with zero attached hydrogens (tertiary/aromatic N) is 3. The second-order valence-electron chi connectivity index (χ2n) is 5.82. The van der Waals surface area contributed by atoms with Crippen LogP contribution in [0.25, 0.3) is 0 Å². The van der Waals surface area contributed by atoms with Crippen molar-refractivity contribution in [2.45, 2.75) is 26.1 Å². The third-order valence-corrected chi connectivity index (χ3v) is 4.18. The first-order valence-corrected chi connectivity index (χ1v) is 7.54. The Bertz CT molecular complexity index is 666. The molecule has 2 heterocycles. The largest absolute Gasteiger partial charge is 0.367 e. The van der Waals surface area contributed by atoms with Crippen molar-refractivity contribution in [2.75, 3.05) is 13.1 Å². The fourth-order valence-electron chi connectivity index (χ4n) is 2.85. The van der Waals surface area contributed by atoms with Crippen LogP contribution in [0.5, 0.6) is 0 Å². The molecule has 3 rings (SSSR count). The van der Waals surface area contributed by atoms with Gasteiger partial charge in [0, 0.05) is 19.3 Å². The molecule has 1 aromatic carbocycles. The smallest absolute Gasteiger partial charge is 0.257 e. The van der Waals surface area contributed by atoms with Crippen LogP contribution in [0.1, 0.15) is 34.6 Å². The summed E-state index contributed by atoms with van der Waals surface area (Å²) in [5.74, 6) is 0.0293. The second-order valence-corrected chi connectivity index (χ2v) is 5.82. The van der Waals surface area contributed by atoms with Gasteiger partial charge in [-0.3, -0.25) is 9.48 Å². The van der Waals surface area contributed by atoms with Crippen LogP contribution in [0.15, 0.2) is 36.5 Å². The predicted molar refractivity (Wildman–Crippen MR) is 83.6 cm³/mol. The van der Waals surface area contributed by atoms with Crippen LogP contribution >= 0.6 is 0 Å². The molecule has 1 amide bonds. The van der Waals surface area contributed by atoms with Gasteiger partial charge in [-0.15, -0.1) is 0 Å². The Labute approximate surface area is 130 Å². The van der Waals surface area contributed by atoms with Gasteiger partial charge >= 0.3 is 0 Å². The molecule has 22 heavy (non-hydrogen) atoms. The third-order valence-electron chi connectivity index (χ3n) is 4.18. The van der Waals surface area contributed by atoms with Crippen LogP contribution < -0.4 is 0 Å². The predicted octanol–water partition coefficient (Wildman–Crippen LogP) is 2.33. The number of carbonyl (C=O) groups excluding carboxylic acids is 1. The minimum Gasteiger partial charge on any atom is -0.367 e. The zero-order chi connectivity index (χ0) is 15.7. The molecule has 1 aliphatic rings. The molecule has 2 aromatic rings. The molecule has 0 spiro atoms. The average Bonchev–Trinajstić information content (AvgIpc) is 2.86. The highest BCUT2D eigenvalue weighted by atomic mass is 16.5. The molecular weight excluding hydrogens is 278 g/mol. The van der Waals surface area contributed by atoms with Crippen LogP contribution in [0, 0.1) is 6.92 Å². The molecule has 116 valence electrons.